The Kier molecular flexibility index (Phi) is 8.76. The van der Waals surface area contributed by atoms with Crippen LogP contribution in [0.3, 0.4) is 0 Å². The average molecular weight is 410 g/mol. The van der Waals surface area contributed by atoms with Gasteiger partial charge in [-0.1, -0.05) is 38.5 Å². The van der Waals surface area contributed by atoms with Gasteiger partial charge in [0.15, 0.2) is 0 Å². The molecule has 1 aromatic rings. The highest BCUT2D eigenvalue weighted by atomic mass is 32.2. The number of aryl methyl sites for hydroxylation is 1. The van der Waals surface area contributed by atoms with Crippen LogP contribution in [0.15, 0.2) is 24.3 Å². The number of amides is 1. The minimum atomic E-state index is -3.54. The molecule has 6 nitrogen and oxygen atoms in total. The smallest absolute Gasteiger partial charge is 0.240 e. The fourth-order valence-electron chi connectivity index (χ4n) is 3.95. The zero-order valence-corrected chi connectivity index (χ0v) is 18.3. The Hall–Kier alpha value is -1.60. The molecule has 0 radical (unpaired) electrons. The summed E-state index contributed by atoms with van der Waals surface area (Å²) < 4.78 is 25.8. The number of likely N-dealkylation sites (tertiary alicyclic amines) is 1. The number of anilines is 1. The predicted octanol–water partition coefficient (Wildman–Crippen LogP) is 2.79. The van der Waals surface area contributed by atoms with Crippen LogP contribution in [0.4, 0.5) is 5.69 Å². The third-order valence-electron chi connectivity index (χ3n) is 5.49. The molecule has 7 heteroatoms. The van der Waals surface area contributed by atoms with Crippen LogP contribution in [0.25, 0.3) is 0 Å². The summed E-state index contributed by atoms with van der Waals surface area (Å²) in [6.45, 7) is 6.72. The molecule has 1 N–H and O–H groups in total. The number of carbonyl (C=O) groups is 1. The maximum absolute atomic E-state index is 12.4. The Balaban J connectivity index is 1.88. The molecule has 1 atom stereocenters. The summed E-state index contributed by atoms with van der Waals surface area (Å²) in [4.78, 5) is 14.9. The van der Waals surface area contributed by atoms with Crippen LogP contribution in [0.5, 0.6) is 0 Å². The minimum absolute atomic E-state index is 0.183. The van der Waals surface area contributed by atoms with Crippen LogP contribution in [-0.2, 0) is 21.2 Å². The Morgan fingerprint density at radius 3 is 2.68 bits per heavy atom. The van der Waals surface area contributed by atoms with E-state index in [0.29, 0.717) is 24.7 Å². The number of sulfonamides is 1. The van der Waals surface area contributed by atoms with E-state index in [1.807, 2.05) is 19.1 Å². The second-order valence-corrected chi connectivity index (χ2v) is 9.46. The molecule has 0 saturated carbocycles. The van der Waals surface area contributed by atoms with Crippen molar-refractivity contribution in [2.45, 2.75) is 58.4 Å². The number of rotatable bonds is 10. The quantitative estimate of drug-likeness (QED) is 0.603. The zero-order chi connectivity index (χ0) is 20.6. The van der Waals surface area contributed by atoms with Crippen molar-refractivity contribution in [1.29, 1.82) is 0 Å². The summed E-state index contributed by atoms with van der Waals surface area (Å²) in [5, 5.41) is 2.89. The van der Waals surface area contributed by atoms with E-state index < -0.39 is 10.0 Å². The van der Waals surface area contributed by atoms with Crippen LogP contribution >= 0.6 is 0 Å². The van der Waals surface area contributed by atoms with E-state index >= 15 is 0 Å². The standard InChI is InChI=1S/C21H35N3O3S/c1-4-18-11-6-7-13-20(18)24(28(3,26)27)17-21(25)22-14-10-16-23-15-9-8-12-19(23)5-2/h6-7,11,13,19H,4-5,8-10,12,14-17H2,1-3H3,(H,22,25). The third-order valence-corrected chi connectivity index (χ3v) is 6.62. The van der Waals surface area contributed by atoms with Crippen molar-refractivity contribution in [2.75, 3.05) is 36.7 Å². The van der Waals surface area contributed by atoms with Gasteiger partial charge in [-0.25, -0.2) is 8.42 Å². The third kappa shape index (κ3) is 6.48. The minimum Gasteiger partial charge on any atom is -0.354 e. The maximum atomic E-state index is 12.4. The van der Waals surface area contributed by atoms with Gasteiger partial charge in [-0.15, -0.1) is 0 Å². The van der Waals surface area contributed by atoms with Crippen molar-refractivity contribution >= 4 is 21.6 Å². The highest BCUT2D eigenvalue weighted by molar-refractivity contribution is 7.92. The lowest BCUT2D eigenvalue weighted by molar-refractivity contribution is -0.119. The number of para-hydroxylation sites is 1. The number of carbonyl (C=O) groups excluding carboxylic acids is 1. The second-order valence-electron chi connectivity index (χ2n) is 7.55. The molecule has 28 heavy (non-hydrogen) atoms. The lowest BCUT2D eigenvalue weighted by atomic mass is 10.00. The van der Waals surface area contributed by atoms with Crippen molar-refractivity contribution in [1.82, 2.24) is 10.2 Å². The van der Waals surface area contributed by atoms with Crippen molar-refractivity contribution in [3.05, 3.63) is 29.8 Å². The Morgan fingerprint density at radius 2 is 2.00 bits per heavy atom. The Bertz CT molecular complexity index is 736. The van der Waals surface area contributed by atoms with Crippen LogP contribution < -0.4 is 9.62 Å². The van der Waals surface area contributed by atoms with Gasteiger partial charge in [0.05, 0.1) is 11.9 Å². The van der Waals surface area contributed by atoms with E-state index in [1.54, 1.807) is 12.1 Å². The normalized spacial score (nSPS) is 18.0. The van der Waals surface area contributed by atoms with Crippen LogP contribution in [0.2, 0.25) is 0 Å². The molecule has 158 valence electrons. The van der Waals surface area contributed by atoms with Gasteiger partial charge in [0, 0.05) is 19.1 Å². The molecule has 1 heterocycles. The van der Waals surface area contributed by atoms with E-state index in [2.05, 4.69) is 17.1 Å². The molecule has 1 saturated heterocycles. The molecule has 1 aliphatic heterocycles. The van der Waals surface area contributed by atoms with E-state index in [0.717, 1.165) is 31.3 Å². The first-order chi connectivity index (χ1) is 13.4. The van der Waals surface area contributed by atoms with Crippen LogP contribution in [0, 0.1) is 0 Å². The van der Waals surface area contributed by atoms with Crippen molar-refractivity contribution < 1.29 is 13.2 Å². The molecule has 0 aromatic heterocycles. The van der Waals surface area contributed by atoms with Crippen LogP contribution in [0.1, 0.15) is 51.5 Å². The highest BCUT2D eigenvalue weighted by Crippen LogP contribution is 2.23. The molecule has 1 amide bonds. The summed E-state index contributed by atoms with van der Waals surface area (Å²) >= 11 is 0. The van der Waals surface area contributed by atoms with E-state index in [1.165, 1.54) is 30.0 Å². The predicted molar refractivity (Wildman–Crippen MR) is 115 cm³/mol. The number of benzene rings is 1. The summed E-state index contributed by atoms with van der Waals surface area (Å²) in [6.07, 6.45) is 7.74. The van der Waals surface area contributed by atoms with Gasteiger partial charge in [0.25, 0.3) is 0 Å². The average Bonchev–Trinajstić information content (AvgIpc) is 2.68. The Labute approximate surface area is 170 Å². The van der Waals surface area contributed by atoms with Crippen molar-refractivity contribution in [2.24, 2.45) is 0 Å². The van der Waals surface area contributed by atoms with Crippen molar-refractivity contribution in [3.8, 4) is 0 Å². The van der Waals surface area contributed by atoms with E-state index in [9.17, 15) is 13.2 Å². The molecule has 1 fully saturated rings. The number of nitrogens with one attached hydrogen (secondary N) is 1. The summed E-state index contributed by atoms with van der Waals surface area (Å²) in [6, 6.07) is 8.00. The molecule has 2 rings (SSSR count). The molecule has 0 aliphatic carbocycles. The Morgan fingerprint density at radius 1 is 1.25 bits per heavy atom. The maximum Gasteiger partial charge on any atom is 0.240 e. The fourth-order valence-corrected chi connectivity index (χ4v) is 4.83. The fraction of sp³-hybridized carbons (Fsp3) is 0.667. The second kappa shape index (κ2) is 10.8. The van der Waals surface area contributed by atoms with E-state index in [4.69, 9.17) is 0 Å². The van der Waals surface area contributed by atoms with Gasteiger partial charge in [-0.3, -0.25) is 9.10 Å². The highest BCUT2D eigenvalue weighted by Gasteiger charge is 2.23. The first kappa shape index (κ1) is 22.7. The number of hydrogen-bond acceptors (Lipinski definition) is 4. The van der Waals surface area contributed by atoms with Gasteiger partial charge in [0.2, 0.25) is 15.9 Å². The number of hydrogen-bond donors (Lipinski definition) is 1. The van der Waals surface area contributed by atoms with Gasteiger partial charge < -0.3 is 10.2 Å². The molecule has 1 unspecified atom stereocenters. The lowest BCUT2D eigenvalue weighted by Crippen LogP contribution is -2.43. The zero-order valence-electron chi connectivity index (χ0n) is 17.5. The molecular weight excluding hydrogens is 374 g/mol. The summed E-state index contributed by atoms with van der Waals surface area (Å²) in [7, 11) is -3.54. The number of piperidine rings is 1. The molecule has 0 bridgehead atoms. The van der Waals surface area contributed by atoms with Gasteiger partial charge in [0.1, 0.15) is 6.54 Å². The number of nitrogens with zero attached hydrogens (tertiary/aromatic N) is 2. The molecule has 1 aliphatic rings. The van der Waals surface area contributed by atoms with Crippen LogP contribution in [-0.4, -0.2) is 57.7 Å². The molecule has 1 aromatic carbocycles. The van der Waals surface area contributed by atoms with Gasteiger partial charge in [-0.2, -0.15) is 0 Å². The first-order valence-electron chi connectivity index (χ1n) is 10.4. The SMILES string of the molecule is CCc1ccccc1N(CC(=O)NCCCN1CCCCC1CC)S(C)(=O)=O. The largest absolute Gasteiger partial charge is 0.354 e. The van der Waals surface area contributed by atoms with Gasteiger partial charge in [-0.05, 0) is 50.3 Å². The summed E-state index contributed by atoms with van der Waals surface area (Å²) in [5.41, 5.74) is 1.50. The first-order valence-corrected chi connectivity index (χ1v) is 12.3. The monoisotopic (exact) mass is 409 g/mol. The molecular formula is C21H35N3O3S. The van der Waals surface area contributed by atoms with E-state index in [-0.39, 0.29) is 12.5 Å². The topological polar surface area (TPSA) is 69.7 Å². The lowest BCUT2D eigenvalue weighted by Gasteiger charge is -2.35. The van der Waals surface area contributed by atoms with Gasteiger partial charge >= 0.3 is 0 Å². The molecule has 0 spiro atoms. The van der Waals surface area contributed by atoms with Crippen molar-refractivity contribution in [3.63, 3.8) is 0 Å². The summed E-state index contributed by atoms with van der Waals surface area (Å²) in [5.74, 6) is -0.262.